The van der Waals surface area contributed by atoms with Gasteiger partial charge in [-0.15, -0.1) is 6.42 Å². The Kier molecular flexibility index (Phi) is 8.92. The minimum absolute atomic E-state index is 0.00237. The first-order valence-electron chi connectivity index (χ1n) is 11.2. The van der Waals surface area contributed by atoms with Gasteiger partial charge in [0, 0.05) is 18.2 Å². The van der Waals surface area contributed by atoms with Crippen LogP contribution in [0.2, 0.25) is 0 Å². The maximum Gasteiger partial charge on any atom is 0.251 e. The van der Waals surface area contributed by atoms with Gasteiger partial charge in [-0.2, -0.15) is 0 Å². The van der Waals surface area contributed by atoms with Crippen LogP contribution in [0.4, 0.5) is 0 Å². The summed E-state index contributed by atoms with van der Waals surface area (Å²) in [5, 5.41) is 9.46. The highest BCUT2D eigenvalue weighted by atomic mass is 16.2. The van der Waals surface area contributed by atoms with Crippen LogP contribution in [0, 0.1) is 32.1 Å². The van der Waals surface area contributed by atoms with Crippen molar-refractivity contribution in [3.8, 4) is 12.3 Å². The molecule has 0 aromatic heterocycles. The van der Waals surface area contributed by atoms with Crippen LogP contribution in [-0.4, -0.2) is 36.5 Å². The zero-order chi connectivity index (χ0) is 22.1. The van der Waals surface area contributed by atoms with Gasteiger partial charge in [0.15, 0.2) is 0 Å². The Morgan fingerprint density at radius 1 is 1.07 bits per heavy atom. The second-order valence-corrected chi connectivity index (χ2v) is 8.67. The van der Waals surface area contributed by atoms with Crippen LogP contribution in [-0.2, 0) is 4.79 Å². The summed E-state index contributed by atoms with van der Waals surface area (Å²) < 4.78 is 0. The first-order chi connectivity index (χ1) is 14.3. The van der Waals surface area contributed by atoms with Crippen LogP contribution >= 0.6 is 0 Å². The zero-order valence-corrected chi connectivity index (χ0v) is 18.9. The van der Waals surface area contributed by atoms with Crippen LogP contribution in [0.25, 0.3) is 0 Å². The molecule has 0 radical (unpaired) electrons. The Labute approximate surface area is 181 Å². The fourth-order valence-corrected chi connectivity index (χ4v) is 4.23. The van der Waals surface area contributed by atoms with Crippen molar-refractivity contribution in [2.75, 3.05) is 13.1 Å². The highest BCUT2D eigenvalue weighted by Gasteiger charge is 2.26. The summed E-state index contributed by atoms with van der Waals surface area (Å²) in [7, 11) is 0. The SMILES string of the molecule is C#CC(CC)(CC)NC(=O)CN[C@H]1CC[C@H](CNC(=O)c2cc(C)cc(C)c2)CC1. The molecule has 164 valence electrons. The van der Waals surface area contributed by atoms with Gasteiger partial charge in [0.2, 0.25) is 5.91 Å². The number of terminal acetylenes is 1. The molecule has 0 bridgehead atoms. The molecule has 2 rings (SSSR count). The topological polar surface area (TPSA) is 70.2 Å². The van der Waals surface area contributed by atoms with E-state index in [4.69, 9.17) is 6.42 Å². The number of hydrogen-bond acceptors (Lipinski definition) is 3. The van der Waals surface area contributed by atoms with Crippen molar-refractivity contribution in [3.05, 3.63) is 34.9 Å². The quantitative estimate of drug-likeness (QED) is 0.545. The van der Waals surface area contributed by atoms with E-state index in [9.17, 15) is 9.59 Å². The fourth-order valence-electron chi connectivity index (χ4n) is 4.23. The van der Waals surface area contributed by atoms with Crippen molar-refractivity contribution in [1.82, 2.24) is 16.0 Å². The van der Waals surface area contributed by atoms with E-state index < -0.39 is 5.54 Å². The number of amides is 2. The number of carbonyl (C=O) groups is 2. The van der Waals surface area contributed by atoms with Gasteiger partial charge < -0.3 is 16.0 Å². The fraction of sp³-hybridized carbons (Fsp3) is 0.600. The summed E-state index contributed by atoms with van der Waals surface area (Å²) in [4.78, 5) is 24.7. The number of aryl methyl sites for hydroxylation is 2. The van der Waals surface area contributed by atoms with E-state index in [1.807, 2.05) is 39.8 Å². The van der Waals surface area contributed by atoms with E-state index in [1.165, 1.54) is 0 Å². The van der Waals surface area contributed by atoms with E-state index in [2.05, 4.69) is 27.9 Å². The van der Waals surface area contributed by atoms with Crippen LogP contribution in [0.5, 0.6) is 0 Å². The minimum Gasteiger partial charge on any atom is -0.352 e. The summed E-state index contributed by atoms with van der Waals surface area (Å²) in [5.74, 6) is 3.18. The number of rotatable bonds is 9. The van der Waals surface area contributed by atoms with Gasteiger partial charge in [0.1, 0.15) is 5.54 Å². The van der Waals surface area contributed by atoms with Crippen molar-refractivity contribution in [2.24, 2.45) is 5.92 Å². The number of carbonyl (C=O) groups excluding carboxylic acids is 2. The Bertz CT molecular complexity index is 749. The second-order valence-electron chi connectivity index (χ2n) is 8.67. The molecular weight excluding hydrogens is 374 g/mol. The van der Waals surface area contributed by atoms with Crippen LogP contribution in [0.15, 0.2) is 18.2 Å². The predicted octanol–water partition coefficient (Wildman–Crippen LogP) is 3.49. The van der Waals surface area contributed by atoms with Crippen molar-refractivity contribution in [1.29, 1.82) is 0 Å². The van der Waals surface area contributed by atoms with Crippen molar-refractivity contribution in [2.45, 2.75) is 77.8 Å². The van der Waals surface area contributed by atoms with Crippen LogP contribution in [0.1, 0.15) is 73.9 Å². The molecular formula is C25H37N3O2. The Balaban J connectivity index is 1.70. The molecule has 5 heteroatoms. The molecule has 30 heavy (non-hydrogen) atoms. The van der Waals surface area contributed by atoms with Gasteiger partial charge in [-0.25, -0.2) is 0 Å². The highest BCUT2D eigenvalue weighted by molar-refractivity contribution is 5.94. The first-order valence-corrected chi connectivity index (χ1v) is 11.2. The van der Waals surface area contributed by atoms with E-state index >= 15 is 0 Å². The van der Waals surface area contributed by atoms with Crippen molar-refractivity contribution in [3.63, 3.8) is 0 Å². The number of benzene rings is 1. The molecule has 1 fully saturated rings. The molecule has 0 saturated heterocycles. The average Bonchev–Trinajstić information content (AvgIpc) is 2.74. The third-order valence-corrected chi connectivity index (χ3v) is 6.30. The molecule has 3 N–H and O–H groups in total. The standard InChI is InChI=1S/C25H37N3O2/c1-6-25(7-2,8-3)28-23(29)17-26-22-11-9-20(10-12-22)16-27-24(30)21-14-18(4)13-19(5)15-21/h1,13-15,20,22,26H,7-12,16-17H2,2-5H3,(H,27,30)(H,28,29)/t20-,22-. The van der Waals surface area contributed by atoms with E-state index in [0.29, 0.717) is 25.0 Å². The molecule has 0 unspecified atom stereocenters. The molecule has 1 aliphatic carbocycles. The monoisotopic (exact) mass is 411 g/mol. The van der Waals surface area contributed by atoms with E-state index in [0.717, 1.165) is 55.2 Å². The number of nitrogens with one attached hydrogen (secondary N) is 3. The van der Waals surface area contributed by atoms with Crippen molar-refractivity contribution < 1.29 is 9.59 Å². The lowest BCUT2D eigenvalue weighted by Crippen LogP contribution is -2.50. The molecule has 1 aromatic carbocycles. The summed E-state index contributed by atoms with van der Waals surface area (Å²) in [6.45, 7) is 9.01. The van der Waals surface area contributed by atoms with Crippen LogP contribution < -0.4 is 16.0 Å². The molecule has 0 atom stereocenters. The second kappa shape index (κ2) is 11.2. The smallest absolute Gasteiger partial charge is 0.251 e. The molecule has 0 spiro atoms. The molecule has 1 saturated carbocycles. The van der Waals surface area contributed by atoms with Crippen molar-refractivity contribution >= 4 is 11.8 Å². The third kappa shape index (κ3) is 6.88. The Morgan fingerprint density at radius 2 is 1.67 bits per heavy atom. The maximum atomic E-state index is 12.4. The normalized spacial score (nSPS) is 19.0. The first kappa shape index (κ1) is 24.0. The summed E-state index contributed by atoms with van der Waals surface area (Å²) in [6, 6.07) is 6.27. The molecule has 1 aliphatic rings. The van der Waals surface area contributed by atoms with Crippen LogP contribution in [0.3, 0.4) is 0 Å². The minimum atomic E-state index is -0.537. The molecule has 2 amide bonds. The van der Waals surface area contributed by atoms with Gasteiger partial charge in [0.05, 0.1) is 6.54 Å². The molecule has 0 aliphatic heterocycles. The molecule has 1 aromatic rings. The largest absolute Gasteiger partial charge is 0.352 e. The Hall–Kier alpha value is -2.32. The summed E-state index contributed by atoms with van der Waals surface area (Å²) >= 11 is 0. The molecule has 0 heterocycles. The lowest BCUT2D eigenvalue weighted by atomic mass is 9.86. The van der Waals surface area contributed by atoms with Gasteiger partial charge in [-0.1, -0.05) is 37.0 Å². The van der Waals surface area contributed by atoms with Gasteiger partial charge in [0.25, 0.3) is 5.91 Å². The summed E-state index contributed by atoms with van der Waals surface area (Å²) in [5.41, 5.74) is 2.40. The molecule has 5 nitrogen and oxygen atoms in total. The van der Waals surface area contributed by atoms with E-state index in [1.54, 1.807) is 0 Å². The summed E-state index contributed by atoms with van der Waals surface area (Å²) in [6.07, 6.45) is 11.2. The maximum absolute atomic E-state index is 12.4. The van der Waals surface area contributed by atoms with E-state index in [-0.39, 0.29) is 11.8 Å². The lowest BCUT2D eigenvalue weighted by Gasteiger charge is -2.30. The van der Waals surface area contributed by atoms with Gasteiger partial charge >= 0.3 is 0 Å². The Morgan fingerprint density at radius 3 is 2.20 bits per heavy atom. The zero-order valence-electron chi connectivity index (χ0n) is 18.9. The van der Waals surface area contributed by atoms with Gasteiger partial charge in [-0.05, 0) is 70.4 Å². The third-order valence-electron chi connectivity index (χ3n) is 6.30. The number of hydrogen-bond donors (Lipinski definition) is 3. The predicted molar refractivity (Wildman–Crippen MR) is 122 cm³/mol. The van der Waals surface area contributed by atoms with Gasteiger partial charge in [-0.3, -0.25) is 9.59 Å². The average molecular weight is 412 g/mol. The highest BCUT2D eigenvalue weighted by Crippen LogP contribution is 2.24. The lowest BCUT2D eigenvalue weighted by molar-refractivity contribution is -0.121.